The molecule has 4 nitrogen and oxygen atoms in total. The number of carbonyl (C=O) groups excluding carboxylic acids is 2. The zero-order valence-electron chi connectivity index (χ0n) is 8.36. The van der Waals surface area contributed by atoms with E-state index in [1.165, 1.54) is 7.11 Å². The Morgan fingerprint density at radius 2 is 2.29 bits per heavy atom. The van der Waals surface area contributed by atoms with Gasteiger partial charge in [-0.1, -0.05) is 0 Å². The molecule has 0 radical (unpaired) electrons. The van der Waals surface area contributed by atoms with Gasteiger partial charge in [0.05, 0.1) is 13.2 Å². The van der Waals surface area contributed by atoms with E-state index in [4.69, 9.17) is 0 Å². The van der Waals surface area contributed by atoms with Crippen molar-refractivity contribution in [1.82, 2.24) is 4.90 Å². The molecular weight excluding hydrogens is 182 g/mol. The summed E-state index contributed by atoms with van der Waals surface area (Å²) in [6.07, 6.45) is 3.27. The van der Waals surface area contributed by atoms with Crippen molar-refractivity contribution in [2.75, 3.05) is 13.7 Å². The minimum Gasteiger partial charge on any atom is -0.453 e. The lowest BCUT2D eigenvalue weighted by Gasteiger charge is -2.29. The number of hydrogen-bond acceptors (Lipinski definition) is 3. The van der Waals surface area contributed by atoms with Crippen LogP contribution in [0.2, 0.25) is 0 Å². The van der Waals surface area contributed by atoms with Crippen molar-refractivity contribution < 1.29 is 14.3 Å². The summed E-state index contributed by atoms with van der Waals surface area (Å²) >= 11 is 0. The Balaban J connectivity index is 2.14. The number of Topliss-reactive ketones (excluding diaryl/α,β-unsaturated/α-hetero) is 1. The van der Waals surface area contributed by atoms with Gasteiger partial charge in [0.1, 0.15) is 0 Å². The highest BCUT2D eigenvalue weighted by molar-refractivity contribution is 5.88. The molecule has 0 aromatic carbocycles. The number of ether oxygens (including phenoxy) is 1. The van der Waals surface area contributed by atoms with Crippen LogP contribution in [0.15, 0.2) is 0 Å². The number of rotatable bonds is 0. The monoisotopic (exact) mass is 197 g/mol. The normalized spacial score (nSPS) is 31.5. The molecule has 0 N–H and O–H groups in total. The number of carbonyl (C=O) groups is 2. The molecule has 1 aliphatic carbocycles. The molecule has 0 bridgehead atoms. The van der Waals surface area contributed by atoms with Crippen molar-refractivity contribution in [2.24, 2.45) is 5.92 Å². The predicted octanol–water partition coefficient (Wildman–Crippen LogP) is 1.20. The Labute approximate surface area is 83.2 Å². The molecule has 0 aromatic rings. The standard InChI is InChI=1S/C10H15NO3/c1-14-10(13)11-6-5-7-3-2-4-8(12)9(7)11/h7,9H,2-6H2,1H3/t7-,9-/m1/s1. The third-order valence-electron chi connectivity index (χ3n) is 3.26. The van der Waals surface area contributed by atoms with E-state index in [1.54, 1.807) is 4.90 Å². The number of nitrogens with zero attached hydrogens (tertiary/aromatic N) is 1. The summed E-state index contributed by atoms with van der Waals surface area (Å²) in [5.41, 5.74) is 0. The number of methoxy groups -OCH3 is 1. The molecule has 14 heavy (non-hydrogen) atoms. The Morgan fingerprint density at radius 3 is 3.00 bits per heavy atom. The molecule has 0 unspecified atom stereocenters. The largest absolute Gasteiger partial charge is 0.453 e. The van der Waals surface area contributed by atoms with E-state index >= 15 is 0 Å². The molecule has 2 fully saturated rings. The molecule has 2 rings (SSSR count). The zero-order valence-corrected chi connectivity index (χ0v) is 8.36. The average molecular weight is 197 g/mol. The van der Waals surface area contributed by atoms with E-state index in [9.17, 15) is 9.59 Å². The molecule has 2 aliphatic rings. The molecule has 0 spiro atoms. The number of likely N-dealkylation sites (tertiary alicyclic amines) is 1. The highest BCUT2D eigenvalue weighted by atomic mass is 16.5. The summed E-state index contributed by atoms with van der Waals surface area (Å²) in [5, 5.41) is 0. The van der Waals surface area contributed by atoms with Crippen LogP contribution < -0.4 is 0 Å². The Hall–Kier alpha value is -1.06. The Kier molecular flexibility index (Phi) is 2.44. The number of hydrogen-bond donors (Lipinski definition) is 0. The summed E-state index contributed by atoms with van der Waals surface area (Å²) in [4.78, 5) is 24.6. The molecule has 4 heteroatoms. The first-order chi connectivity index (χ1) is 6.74. The van der Waals surface area contributed by atoms with Gasteiger partial charge in [-0.2, -0.15) is 0 Å². The van der Waals surface area contributed by atoms with Gasteiger partial charge in [-0.05, 0) is 25.2 Å². The summed E-state index contributed by atoms with van der Waals surface area (Å²) in [6.45, 7) is 0.674. The summed E-state index contributed by atoms with van der Waals surface area (Å²) in [7, 11) is 1.36. The van der Waals surface area contributed by atoms with Crippen LogP contribution in [-0.4, -0.2) is 36.5 Å². The topological polar surface area (TPSA) is 46.6 Å². The lowest BCUT2D eigenvalue weighted by Crippen LogP contribution is -2.44. The molecule has 1 heterocycles. The second kappa shape index (κ2) is 3.59. The smallest absolute Gasteiger partial charge is 0.410 e. The van der Waals surface area contributed by atoms with Crippen molar-refractivity contribution in [3.63, 3.8) is 0 Å². The average Bonchev–Trinajstić information content (AvgIpc) is 2.62. The molecule has 1 amide bonds. The second-order valence-corrected chi connectivity index (χ2v) is 4.02. The van der Waals surface area contributed by atoms with E-state index in [2.05, 4.69) is 4.74 Å². The van der Waals surface area contributed by atoms with Gasteiger partial charge in [-0.3, -0.25) is 9.69 Å². The van der Waals surface area contributed by atoms with Gasteiger partial charge in [-0.15, -0.1) is 0 Å². The maximum Gasteiger partial charge on any atom is 0.410 e. The number of amides is 1. The van der Waals surface area contributed by atoms with Crippen LogP contribution >= 0.6 is 0 Å². The first-order valence-corrected chi connectivity index (χ1v) is 5.11. The van der Waals surface area contributed by atoms with Gasteiger partial charge in [0.2, 0.25) is 0 Å². The van der Waals surface area contributed by atoms with Crippen LogP contribution in [0.3, 0.4) is 0 Å². The molecule has 1 aliphatic heterocycles. The van der Waals surface area contributed by atoms with Crippen LogP contribution in [0.4, 0.5) is 4.79 Å². The van der Waals surface area contributed by atoms with Gasteiger partial charge in [-0.25, -0.2) is 4.79 Å². The molecule has 2 atom stereocenters. The van der Waals surface area contributed by atoms with Crippen molar-refractivity contribution in [1.29, 1.82) is 0 Å². The molecular formula is C10H15NO3. The molecule has 78 valence electrons. The van der Waals surface area contributed by atoms with Crippen LogP contribution in [0, 0.1) is 5.92 Å². The third kappa shape index (κ3) is 1.38. The first kappa shape index (κ1) is 9.49. The van der Waals surface area contributed by atoms with Crippen LogP contribution in [0.1, 0.15) is 25.7 Å². The summed E-state index contributed by atoms with van der Waals surface area (Å²) < 4.78 is 4.67. The van der Waals surface area contributed by atoms with Gasteiger partial charge in [0.25, 0.3) is 0 Å². The van der Waals surface area contributed by atoms with E-state index in [0.717, 1.165) is 19.3 Å². The highest BCUT2D eigenvalue weighted by Gasteiger charge is 2.43. The Morgan fingerprint density at radius 1 is 1.50 bits per heavy atom. The van der Waals surface area contributed by atoms with E-state index in [1.807, 2.05) is 0 Å². The predicted molar refractivity (Wildman–Crippen MR) is 49.9 cm³/mol. The maximum atomic E-state index is 11.7. The number of ketones is 1. The van der Waals surface area contributed by atoms with Crippen LogP contribution in [0.5, 0.6) is 0 Å². The lowest BCUT2D eigenvalue weighted by molar-refractivity contribution is -0.125. The quantitative estimate of drug-likeness (QED) is 0.586. The Bertz CT molecular complexity index is 264. The van der Waals surface area contributed by atoms with E-state index in [-0.39, 0.29) is 17.9 Å². The fraction of sp³-hybridized carbons (Fsp3) is 0.800. The second-order valence-electron chi connectivity index (χ2n) is 4.02. The van der Waals surface area contributed by atoms with Crippen molar-refractivity contribution in [3.05, 3.63) is 0 Å². The fourth-order valence-corrected chi connectivity index (χ4v) is 2.60. The van der Waals surface area contributed by atoms with Gasteiger partial charge < -0.3 is 4.74 Å². The SMILES string of the molecule is COC(=O)N1CC[C@H]2CCCC(=O)[C@@H]21. The van der Waals surface area contributed by atoms with Crippen molar-refractivity contribution in [3.8, 4) is 0 Å². The first-order valence-electron chi connectivity index (χ1n) is 5.11. The van der Waals surface area contributed by atoms with E-state index in [0.29, 0.717) is 18.9 Å². The zero-order chi connectivity index (χ0) is 10.1. The van der Waals surface area contributed by atoms with Crippen molar-refractivity contribution >= 4 is 11.9 Å². The fourth-order valence-electron chi connectivity index (χ4n) is 2.60. The molecule has 0 aromatic heterocycles. The van der Waals surface area contributed by atoms with Gasteiger partial charge >= 0.3 is 6.09 Å². The summed E-state index contributed by atoms with van der Waals surface area (Å²) in [6, 6.07) is -0.184. The van der Waals surface area contributed by atoms with Gasteiger partial charge in [0.15, 0.2) is 5.78 Å². The van der Waals surface area contributed by atoms with Crippen LogP contribution in [-0.2, 0) is 9.53 Å². The minimum atomic E-state index is -0.354. The van der Waals surface area contributed by atoms with Crippen molar-refractivity contribution in [2.45, 2.75) is 31.7 Å². The molecule has 1 saturated heterocycles. The number of fused-ring (bicyclic) bond motifs is 1. The minimum absolute atomic E-state index is 0.184. The van der Waals surface area contributed by atoms with Gasteiger partial charge in [0, 0.05) is 13.0 Å². The third-order valence-corrected chi connectivity index (χ3v) is 3.26. The van der Waals surface area contributed by atoms with E-state index < -0.39 is 0 Å². The van der Waals surface area contributed by atoms with Crippen LogP contribution in [0.25, 0.3) is 0 Å². The summed E-state index contributed by atoms with van der Waals surface area (Å²) in [5.74, 6) is 0.597. The molecule has 1 saturated carbocycles. The maximum absolute atomic E-state index is 11.7. The highest BCUT2D eigenvalue weighted by Crippen LogP contribution is 2.34. The lowest BCUT2D eigenvalue weighted by atomic mass is 9.84.